The maximum absolute atomic E-state index is 14.8. The molecule has 0 saturated carbocycles. The minimum Gasteiger partial charge on any atom is -0.508 e. The number of halogens is 2. The van der Waals surface area contributed by atoms with E-state index >= 15 is 0 Å². The summed E-state index contributed by atoms with van der Waals surface area (Å²) < 4.78 is 35.7. The van der Waals surface area contributed by atoms with Gasteiger partial charge in [-0.1, -0.05) is 18.1 Å². The van der Waals surface area contributed by atoms with Gasteiger partial charge in [0.2, 0.25) is 0 Å². The minimum absolute atomic E-state index is 0.0606. The molecule has 3 aromatic carbocycles. The Hall–Kier alpha value is -4.00. The number of terminal acetylenes is 1. The van der Waals surface area contributed by atoms with Crippen molar-refractivity contribution in [2.75, 3.05) is 44.2 Å². The zero-order valence-electron chi connectivity index (χ0n) is 25.3. The summed E-state index contributed by atoms with van der Waals surface area (Å²) in [6.07, 6.45) is 11.8. The number of ether oxygens (including phenoxy) is 1. The molecule has 232 valence electrons. The highest BCUT2D eigenvalue weighted by Crippen LogP contribution is 2.42. The van der Waals surface area contributed by atoms with Crippen LogP contribution in [0.3, 0.4) is 0 Å². The zero-order valence-corrected chi connectivity index (χ0v) is 25.3. The van der Waals surface area contributed by atoms with E-state index in [9.17, 15) is 13.9 Å². The van der Waals surface area contributed by atoms with E-state index in [1.165, 1.54) is 18.9 Å². The van der Waals surface area contributed by atoms with E-state index in [0.29, 0.717) is 41.4 Å². The predicted molar refractivity (Wildman–Crippen MR) is 172 cm³/mol. The van der Waals surface area contributed by atoms with Crippen LogP contribution < -0.4 is 15.0 Å². The van der Waals surface area contributed by atoms with Crippen molar-refractivity contribution in [2.45, 2.75) is 62.2 Å². The third-order valence-corrected chi connectivity index (χ3v) is 10.7. The molecule has 2 N–H and O–H groups in total. The lowest BCUT2D eigenvalue weighted by molar-refractivity contribution is 0.107. The van der Waals surface area contributed by atoms with Gasteiger partial charge in [0.05, 0.1) is 16.6 Å². The van der Waals surface area contributed by atoms with Crippen molar-refractivity contribution in [1.29, 1.82) is 0 Å². The quantitative estimate of drug-likeness (QED) is 0.271. The van der Waals surface area contributed by atoms with Gasteiger partial charge < -0.3 is 20.1 Å². The molecule has 1 spiro atoms. The van der Waals surface area contributed by atoms with Crippen LogP contribution in [0.15, 0.2) is 42.5 Å². The zero-order chi connectivity index (χ0) is 30.8. The predicted octanol–water partition coefficient (Wildman–Crippen LogP) is 5.95. The summed E-state index contributed by atoms with van der Waals surface area (Å²) in [5.41, 5.74) is 2.09. The smallest absolute Gasteiger partial charge is 0.319 e. The normalized spacial score (nSPS) is 24.5. The number of anilines is 1. The molecule has 9 heteroatoms. The summed E-state index contributed by atoms with van der Waals surface area (Å²) in [6.45, 7) is 4.49. The number of phenolic OH excluding ortho intramolecular Hbond substituents is 1. The van der Waals surface area contributed by atoms with E-state index in [-0.39, 0.29) is 28.4 Å². The minimum atomic E-state index is -0.843. The van der Waals surface area contributed by atoms with Crippen LogP contribution in [0.1, 0.15) is 50.5 Å². The van der Waals surface area contributed by atoms with E-state index in [2.05, 4.69) is 21.0 Å². The molecular weight excluding hydrogens is 572 g/mol. The van der Waals surface area contributed by atoms with Crippen LogP contribution in [0.25, 0.3) is 32.8 Å². The Morgan fingerprint density at radius 1 is 1.04 bits per heavy atom. The molecule has 5 heterocycles. The highest BCUT2D eigenvalue weighted by atomic mass is 19.1. The molecule has 2 atom stereocenters. The van der Waals surface area contributed by atoms with Crippen molar-refractivity contribution in [1.82, 2.24) is 20.2 Å². The largest absolute Gasteiger partial charge is 0.508 e. The van der Waals surface area contributed by atoms with Crippen molar-refractivity contribution in [2.24, 2.45) is 0 Å². The SMILES string of the molecule is C#Cc1c(F)ccc2cc(O)cc(-c3ccc4c(N5CCC6(CCCN6)CC5)nc(OC[C@@]56CCCN5C[C@H](F)C6)nc4c3)c12. The molecule has 1 aromatic heterocycles. The summed E-state index contributed by atoms with van der Waals surface area (Å²) in [4.78, 5) is 14.4. The molecule has 4 fully saturated rings. The lowest BCUT2D eigenvalue weighted by atomic mass is 9.86. The molecule has 0 bridgehead atoms. The first kappa shape index (κ1) is 28.5. The van der Waals surface area contributed by atoms with Gasteiger partial charge in [-0.15, -0.1) is 6.42 Å². The average Bonchev–Trinajstić information content (AvgIpc) is 3.74. The van der Waals surface area contributed by atoms with Crippen molar-refractivity contribution >= 4 is 27.5 Å². The molecule has 4 aromatic rings. The van der Waals surface area contributed by atoms with Crippen LogP contribution in [0.2, 0.25) is 0 Å². The van der Waals surface area contributed by atoms with Gasteiger partial charge in [-0.05, 0) is 98.5 Å². The van der Waals surface area contributed by atoms with Gasteiger partial charge in [-0.2, -0.15) is 9.97 Å². The van der Waals surface area contributed by atoms with Gasteiger partial charge in [-0.25, -0.2) is 8.78 Å². The highest BCUT2D eigenvalue weighted by Gasteiger charge is 2.49. The molecular formula is C36H37F2N5O2. The summed E-state index contributed by atoms with van der Waals surface area (Å²) in [6, 6.07) is 12.3. The monoisotopic (exact) mass is 609 g/mol. The number of aromatic hydroxyl groups is 1. The first-order chi connectivity index (χ1) is 21.9. The standard InChI is InChI=1S/C36H37F2N5O2/c1-2-27-30(38)8-6-24-17-26(44)19-29(32(24)27)23-5-7-28-31(18-23)40-34(45-22-36-10-4-14-43(36)21-25(37)20-36)41-33(28)42-15-11-35(12-16-42)9-3-13-39-35/h1,5-8,17-19,25,39,44H,3-4,9-16,20-22H2/t25-,36+/m1/s1. The summed E-state index contributed by atoms with van der Waals surface area (Å²) in [5.74, 6) is 2.90. The number of nitrogens with one attached hydrogen (secondary N) is 1. The maximum atomic E-state index is 14.8. The van der Waals surface area contributed by atoms with Gasteiger partial charge in [-0.3, -0.25) is 4.90 Å². The summed E-state index contributed by atoms with van der Waals surface area (Å²) >= 11 is 0. The van der Waals surface area contributed by atoms with Crippen LogP contribution in [0.5, 0.6) is 11.8 Å². The number of rotatable bonds is 5. The van der Waals surface area contributed by atoms with Gasteiger partial charge in [0.15, 0.2) is 0 Å². The molecule has 4 saturated heterocycles. The van der Waals surface area contributed by atoms with Crippen molar-refractivity contribution < 1.29 is 18.6 Å². The molecule has 4 aliphatic heterocycles. The van der Waals surface area contributed by atoms with E-state index < -0.39 is 12.0 Å². The van der Waals surface area contributed by atoms with Crippen LogP contribution in [-0.2, 0) is 0 Å². The van der Waals surface area contributed by atoms with Crippen LogP contribution in [0.4, 0.5) is 14.6 Å². The van der Waals surface area contributed by atoms with Crippen LogP contribution in [-0.4, -0.2) is 76.6 Å². The fraction of sp³-hybridized carbons (Fsp3) is 0.444. The van der Waals surface area contributed by atoms with E-state index in [1.54, 1.807) is 18.2 Å². The van der Waals surface area contributed by atoms with E-state index in [4.69, 9.17) is 21.1 Å². The number of hydrogen-bond donors (Lipinski definition) is 2. The lowest BCUT2D eigenvalue weighted by Gasteiger charge is -2.40. The fourth-order valence-corrected chi connectivity index (χ4v) is 8.45. The Kier molecular flexibility index (Phi) is 6.84. The Morgan fingerprint density at radius 3 is 2.71 bits per heavy atom. The Labute approximate surface area is 261 Å². The molecule has 0 radical (unpaired) electrons. The number of fused-ring (bicyclic) bond motifs is 3. The number of piperidine rings is 1. The topological polar surface area (TPSA) is 73.8 Å². The first-order valence-corrected chi connectivity index (χ1v) is 16.1. The Bertz CT molecular complexity index is 1840. The molecule has 0 amide bonds. The second-order valence-corrected chi connectivity index (χ2v) is 13.4. The molecule has 8 rings (SSSR count). The first-order valence-electron chi connectivity index (χ1n) is 16.1. The van der Waals surface area contributed by atoms with Crippen molar-refractivity contribution in [3.05, 3.63) is 53.8 Å². The third-order valence-electron chi connectivity index (χ3n) is 10.7. The maximum Gasteiger partial charge on any atom is 0.319 e. The summed E-state index contributed by atoms with van der Waals surface area (Å²) in [5, 5.41) is 16.4. The number of aromatic nitrogens is 2. The number of benzene rings is 3. The lowest BCUT2D eigenvalue weighted by Crippen LogP contribution is -2.50. The van der Waals surface area contributed by atoms with Gasteiger partial charge >= 0.3 is 6.01 Å². The van der Waals surface area contributed by atoms with Gasteiger partial charge in [0, 0.05) is 42.4 Å². The van der Waals surface area contributed by atoms with Gasteiger partial charge in [0.1, 0.15) is 30.2 Å². The van der Waals surface area contributed by atoms with E-state index in [0.717, 1.165) is 68.6 Å². The van der Waals surface area contributed by atoms with Gasteiger partial charge in [0.25, 0.3) is 0 Å². The number of alkyl halides is 1. The molecule has 0 unspecified atom stereocenters. The molecule has 7 nitrogen and oxygen atoms in total. The third kappa shape index (κ3) is 4.86. The second-order valence-electron chi connectivity index (χ2n) is 13.4. The van der Waals surface area contributed by atoms with Crippen molar-refractivity contribution in [3.63, 3.8) is 0 Å². The molecule has 0 aliphatic carbocycles. The van der Waals surface area contributed by atoms with Crippen LogP contribution >= 0.6 is 0 Å². The number of nitrogens with zero attached hydrogens (tertiary/aromatic N) is 4. The Balaban J connectivity index is 1.21. The number of hydrogen-bond acceptors (Lipinski definition) is 7. The molecule has 4 aliphatic rings. The number of phenols is 1. The Morgan fingerprint density at radius 2 is 1.91 bits per heavy atom. The highest BCUT2D eigenvalue weighted by molar-refractivity contribution is 6.03. The fourth-order valence-electron chi connectivity index (χ4n) is 8.45. The van der Waals surface area contributed by atoms with E-state index in [1.807, 2.05) is 18.2 Å². The average molecular weight is 610 g/mol. The summed E-state index contributed by atoms with van der Waals surface area (Å²) in [7, 11) is 0. The second kappa shape index (κ2) is 10.8. The molecule has 45 heavy (non-hydrogen) atoms. The van der Waals surface area contributed by atoms with Crippen LogP contribution in [0, 0.1) is 18.2 Å². The van der Waals surface area contributed by atoms with Crippen molar-refractivity contribution in [3.8, 4) is 35.2 Å².